The van der Waals surface area contributed by atoms with Crippen molar-refractivity contribution in [3.8, 4) is 11.5 Å². The smallest absolute Gasteiger partial charge is 0.167 e. The van der Waals surface area contributed by atoms with E-state index in [0.29, 0.717) is 22.1 Å². The van der Waals surface area contributed by atoms with Gasteiger partial charge in [0.15, 0.2) is 17.3 Å². The number of ether oxygens (including phenoxy) is 2. The molecule has 0 radical (unpaired) electrons. The van der Waals surface area contributed by atoms with Crippen molar-refractivity contribution in [2.75, 3.05) is 14.2 Å². The van der Waals surface area contributed by atoms with Gasteiger partial charge in [0, 0.05) is 17.5 Å². The zero-order chi connectivity index (χ0) is 13.9. The van der Waals surface area contributed by atoms with Gasteiger partial charge >= 0.3 is 0 Å². The summed E-state index contributed by atoms with van der Waals surface area (Å²) in [7, 11) is 3.07. The standard InChI is InChI=1S/C14H19ClO3/c1-8(2)9(3)14(16)10-6-12(17-4)13(18-5)7-11(10)15/h6-9H,1-5H3. The zero-order valence-electron chi connectivity index (χ0n) is 11.4. The Kier molecular flexibility index (Phi) is 5.03. The van der Waals surface area contributed by atoms with Crippen molar-refractivity contribution in [3.05, 3.63) is 22.7 Å². The van der Waals surface area contributed by atoms with Gasteiger partial charge in [0.2, 0.25) is 0 Å². The number of carbonyl (C=O) groups excluding carboxylic acids is 1. The monoisotopic (exact) mass is 270 g/mol. The Labute approximate surface area is 113 Å². The SMILES string of the molecule is COc1cc(Cl)c(C(=O)C(C)C(C)C)cc1OC. The van der Waals surface area contributed by atoms with Gasteiger partial charge in [0.1, 0.15) is 0 Å². The third-order valence-corrected chi connectivity index (χ3v) is 3.46. The maximum Gasteiger partial charge on any atom is 0.167 e. The molecular formula is C14H19ClO3. The van der Waals surface area contributed by atoms with Gasteiger partial charge in [-0.3, -0.25) is 4.79 Å². The molecule has 0 saturated carbocycles. The number of methoxy groups -OCH3 is 2. The molecule has 100 valence electrons. The average molecular weight is 271 g/mol. The number of ketones is 1. The van der Waals surface area contributed by atoms with E-state index in [0.717, 1.165) is 0 Å². The predicted octanol–water partition coefficient (Wildman–Crippen LogP) is 3.83. The fraction of sp³-hybridized carbons (Fsp3) is 0.500. The zero-order valence-corrected chi connectivity index (χ0v) is 12.2. The minimum absolute atomic E-state index is 0.0240. The van der Waals surface area contributed by atoms with Gasteiger partial charge in [-0.05, 0) is 12.0 Å². The molecule has 0 bridgehead atoms. The van der Waals surface area contributed by atoms with Crippen LogP contribution in [-0.2, 0) is 0 Å². The molecule has 0 saturated heterocycles. The van der Waals surface area contributed by atoms with Crippen LogP contribution in [0.15, 0.2) is 12.1 Å². The highest BCUT2D eigenvalue weighted by atomic mass is 35.5. The summed E-state index contributed by atoms with van der Waals surface area (Å²) >= 11 is 6.12. The van der Waals surface area contributed by atoms with Crippen LogP contribution in [0.5, 0.6) is 11.5 Å². The topological polar surface area (TPSA) is 35.5 Å². The van der Waals surface area contributed by atoms with Crippen LogP contribution in [0.2, 0.25) is 5.02 Å². The minimum Gasteiger partial charge on any atom is -0.493 e. The van der Waals surface area contributed by atoms with Crippen LogP contribution in [0.3, 0.4) is 0 Å². The molecule has 0 aromatic heterocycles. The molecule has 0 heterocycles. The second-order valence-corrected chi connectivity index (χ2v) is 4.99. The summed E-state index contributed by atoms with van der Waals surface area (Å²) in [6, 6.07) is 3.25. The van der Waals surface area contributed by atoms with E-state index in [-0.39, 0.29) is 17.6 Å². The number of Topliss-reactive ketones (excluding diaryl/α,β-unsaturated/α-hetero) is 1. The summed E-state index contributed by atoms with van der Waals surface area (Å²) < 4.78 is 10.3. The maximum atomic E-state index is 12.3. The van der Waals surface area contributed by atoms with Crippen molar-refractivity contribution in [2.45, 2.75) is 20.8 Å². The molecule has 1 rings (SSSR count). The first-order valence-electron chi connectivity index (χ1n) is 5.88. The van der Waals surface area contributed by atoms with Gasteiger partial charge in [-0.25, -0.2) is 0 Å². The second kappa shape index (κ2) is 6.10. The van der Waals surface area contributed by atoms with Gasteiger partial charge in [-0.15, -0.1) is 0 Å². The molecule has 1 aromatic carbocycles. The molecule has 0 spiro atoms. The van der Waals surface area contributed by atoms with Crippen LogP contribution in [-0.4, -0.2) is 20.0 Å². The Hall–Kier alpha value is -1.22. The quantitative estimate of drug-likeness (QED) is 0.763. The first-order valence-corrected chi connectivity index (χ1v) is 6.25. The first kappa shape index (κ1) is 14.8. The van der Waals surface area contributed by atoms with E-state index in [9.17, 15) is 4.79 Å². The summed E-state index contributed by atoms with van der Waals surface area (Å²) in [5.41, 5.74) is 0.482. The van der Waals surface area contributed by atoms with Gasteiger partial charge in [-0.1, -0.05) is 32.4 Å². The molecule has 1 aromatic rings. The van der Waals surface area contributed by atoms with Crippen molar-refractivity contribution in [2.24, 2.45) is 11.8 Å². The summed E-state index contributed by atoms with van der Waals surface area (Å²) in [5, 5.41) is 0.394. The lowest BCUT2D eigenvalue weighted by Gasteiger charge is -2.16. The molecule has 1 atom stereocenters. The molecule has 1 unspecified atom stereocenters. The molecule has 3 nitrogen and oxygen atoms in total. The summed E-state index contributed by atoms with van der Waals surface area (Å²) in [5.74, 6) is 1.25. The van der Waals surface area contributed by atoms with E-state index >= 15 is 0 Å². The van der Waals surface area contributed by atoms with Crippen LogP contribution in [0, 0.1) is 11.8 Å². The second-order valence-electron chi connectivity index (χ2n) is 4.58. The number of carbonyl (C=O) groups is 1. The highest BCUT2D eigenvalue weighted by molar-refractivity contribution is 6.34. The maximum absolute atomic E-state index is 12.3. The Bertz CT molecular complexity index is 441. The molecule has 0 aliphatic rings. The Morgan fingerprint density at radius 2 is 1.61 bits per heavy atom. The van der Waals surface area contributed by atoms with E-state index in [1.165, 1.54) is 14.2 Å². The van der Waals surface area contributed by atoms with Gasteiger partial charge in [-0.2, -0.15) is 0 Å². The molecule has 0 amide bonds. The summed E-state index contributed by atoms with van der Waals surface area (Å²) in [6.45, 7) is 5.93. The number of rotatable bonds is 5. The van der Waals surface area contributed by atoms with Crippen molar-refractivity contribution in [1.29, 1.82) is 0 Å². The summed E-state index contributed by atoms with van der Waals surface area (Å²) in [4.78, 5) is 12.3. The Balaban J connectivity index is 3.21. The molecular weight excluding hydrogens is 252 g/mol. The van der Waals surface area contributed by atoms with Crippen LogP contribution in [0.1, 0.15) is 31.1 Å². The van der Waals surface area contributed by atoms with Crippen LogP contribution in [0.4, 0.5) is 0 Å². The third-order valence-electron chi connectivity index (χ3n) is 3.15. The lowest BCUT2D eigenvalue weighted by atomic mass is 9.89. The normalized spacial score (nSPS) is 12.4. The molecule has 0 fully saturated rings. The summed E-state index contributed by atoms with van der Waals surface area (Å²) in [6.07, 6.45) is 0. The van der Waals surface area contributed by atoms with Crippen LogP contribution < -0.4 is 9.47 Å². The van der Waals surface area contributed by atoms with Crippen LogP contribution >= 0.6 is 11.6 Å². The average Bonchev–Trinajstić information content (AvgIpc) is 2.36. The van der Waals surface area contributed by atoms with Crippen molar-refractivity contribution < 1.29 is 14.3 Å². The van der Waals surface area contributed by atoms with Crippen molar-refractivity contribution in [1.82, 2.24) is 0 Å². The minimum atomic E-state index is -0.0828. The first-order chi connectivity index (χ1) is 8.42. The third kappa shape index (κ3) is 2.96. The number of halogens is 1. The van der Waals surface area contributed by atoms with E-state index in [2.05, 4.69) is 0 Å². The molecule has 0 N–H and O–H groups in total. The van der Waals surface area contributed by atoms with E-state index in [1.54, 1.807) is 12.1 Å². The fourth-order valence-electron chi connectivity index (χ4n) is 1.59. The highest BCUT2D eigenvalue weighted by Gasteiger charge is 2.22. The Morgan fingerprint density at radius 1 is 1.11 bits per heavy atom. The largest absolute Gasteiger partial charge is 0.493 e. The van der Waals surface area contributed by atoms with Crippen molar-refractivity contribution >= 4 is 17.4 Å². The molecule has 0 aliphatic heterocycles. The molecule has 18 heavy (non-hydrogen) atoms. The lowest BCUT2D eigenvalue weighted by molar-refractivity contribution is 0.0899. The van der Waals surface area contributed by atoms with Crippen LogP contribution in [0.25, 0.3) is 0 Å². The van der Waals surface area contributed by atoms with Gasteiger partial charge in [0.25, 0.3) is 0 Å². The fourth-order valence-corrected chi connectivity index (χ4v) is 1.84. The number of hydrogen-bond acceptors (Lipinski definition) is 3. The van der Waals surface area contributed by atoms with E-state index in [4.69, 9.17) is 21.1 Å². The molecule has 0 aliphatic carbocycles. The number of hydrogen-bond donors (Lipinski definition) is 0. The van der Waals surface area contributed by atoms with Gasteiger partial charge in [0.05, 0.1) is 19.2 Å². The van der Waals surface area contributed by atoms with Crippen molar-refractivity contribution in [3.63, 3.8) is 0 Å². The Morgan fingerprint density at radius 3 is 2.06 bits per heavy atom. The highest BCUT2D eigenvalue weighted by Crippen LogP contribution is 2.34. The molecule has 4 heteroatoms. The van der Waals surface area contributed by atoms with E-state index in [1.807, 2.05) is 20.8 Å². The van der Waals surface area contributed by atoms with Gasteiger partial charge < -0.3 is 9.47 Å². The predicted molar refractivity (Wildman–Crippen MR) is 72.9 cm³/mol. The number of benzene rings is 1. The lowest BCUT2D eigenvalue weighted by Crippen LogP contribution is -2.17. The van der Waals surface area contributed by atoms with E-state index < -0.39 is 0 Å².